The Morgan fingerprint density at radius 1 is 1.19 bits per heavy atom. The molecule has 26 heavy (non-hydrogen) atoms. The predicted molar refractivity (Wildman–Crippen MR) is 98.2 cm³/mol. The molecule has 0 bridgehead atoms. The fraction of sp³-hybridized carbons (Fsp3) is 0.444. The van der Waals surface area contributed by atoms with Gasteiger partial charge in [-0.1, -0.05) is 25.1 Å². The summed E-state index contributed by atoms with van der Waals surface area (Å²) in [7, 11) is -3.85. The van der Waals surface area contributed by atoms with Gasteiger partial charge in [-0.3, -0.25) is 9.59 Å². The molecule has 2 amide bonds. The molecular formula is C18H23N3O4S. The summed E-state index contributed by atoms with van der Waals surface area (Å²) in [5, 5.41) is 0.494. The summed E-state index contributed by atoms with van der Waals surface area (Å²) in [4.78, 5) is 25.6. The Bertz CT molecular complexity index is 940. The molecule has 0 radical (unpaired) electrons. The van der Waals surface area contributed by atoms with Crippen LogP contribution in [-0.4, -0.2) is 48.5 Å². The largest absolute Gasteiger partial charge is 0.369 e. The van der Waals surface area contributed by atoms with Gasteiger partial charge in [0.05, 0.1) is 4.90 Å². The summed E-state index contributed by atoms with van der Waals surface area (Å²) in [5.74, 6) is -1.06. The average molecular weight is 377 g/mol. The number of para-hydroxylation sites is 1. The topological polar surface area (TPSA) is 102 Å². The van der Waals surface area contributed by atoms with Crippen LogP contribution in [0.5, 0.6) is 0 Å². The maximum absolute atomic E-state index is 12.6. The van der Waals surface area contributed by atoms with Crippen molar-refractivity contribution in [3.05, 3.63) is 30.5 Å². The zero-order valence-electron chi connectivity index (χ0n) is 14.7. The lowest BCUT2D eigenvalue weighted by molar-refractivity contribution is -0.133. The van der Waals surface area contributed by atoms with E-state index in [2.05, 4.69) is 6.92 Å². The highest BCUT2D eigenvalue weighted by molar-refractivity contribution is 7.92. The SMILES string of the molecule is CC1CCN(C(=O)Cn2cc(S(=O)(=O)CC(N)=O)c3ccccc32)CC1. The van der Waals surface area contributed by atoms with Crippen molar-refractivity contribution in [2.24, 2.45) is 11.7 Å². The van der Waals surface area contributed by atoms with Crippen LogP contribution < -0.4 is 5.73 Å². The predicted octanol–water partition coefficient (Wildman–Crippen LogP) is 1.16. The van der Waals surface area contributed by atoms with Crippen molar-refractivity contribution in [3.8, 4) is 0 Å². The second-order valence-corrected chi connectivity index (χ2v) is 8.89. The number of carbonyl (C=O) groups is 2. The maximum atomic E-state index is 12.6. The van der Waals surface area contributed by atoms with Crippen LogP contribution in [0.15, 0.2) is 35.4 Å². The third-order valence-corrected chi connectivity index (χ3v) is 6.52. The Kier molecular flexibility index (Phi) is 5.04. The summed E-state index contributed by atoms with van der Waals surface area (Å²) >= 11 is 0. The van der Waals surface area contributed by atoms with E-state index in [1.807, 2.05) is 4.90 Å². The molecule has 3 rings (SSSR count). The zero-order chi connectivity index (χ0) is 18.9. The molecule has 2 aromatic rings. The van der Waals surface area contributed by atoms with Gasteiger partial charge in [0.2, 0.25) is 11.8 Å². The molecular weight excluding hydrogens is 354 g/mol. The smallest absolute Gasteiger partial charge is 0.242 e. The fourth-order valence-electron chi connectivity index (χ4n) is 3.36. The molecule has 7 nitrogen and oxygen atoms in total. The van der Waals surface area contributed by atoms with Crippen molar-refractivity contribution in [1.29, 1.82) is 0 Å². The number of fused-ring (bicyclic) bond motifs is 1. The van der Waals surface area contributed by atoms with E-state index in [1.165, 1.54) is 6.20 Å². The summed E-state index contributed by atoms with van der Waals surface area (Å²) in [6, 6.07) is 6.96. The van der Waals surface area contributed by atoms with Crippen LogP contribution in [-0.2, 0) is 26.0 Å². The average Bonchev–Trinajstić information content (AvgIpc) is 2.94. The molecule has 1 saturated heterocycles. The first kappa shape index (κ1) is 18.4. The number of hydrogen-bond acceptors (Lipinski definition) is 4. The van der Waals surface area contributed by atoms with E-state index in [0.717, 1.165) is 25.9 Å². The van der Waals surface area contributed by atoms with Gasteiger partial charge in [0, 0.05) is 30.2 Å². The van der Waals surface area contributed by atoms with Crippen molar-refractivity contribution < 1.29 is 18.0 Å². The highest BCUT2D eigenvalue weighted by Crippen LogP contribution is 2.26. The number of rotatable bonds is 5. The van der Waals surface area contributed by atoms with Crippen LogP contribution in [0.25, 0.3) is 10.9 Å². The van der Waals surface area contributed by atoms with Gasteiger partial charge >= 0.3 is 0 Å². The van der Waals surface area contributed by atoms with Crippen molar-refractivity contribution in [2.75, 3.05) is 18.8 Å². The van der Waals surface area contributed by atoms with Crippen LogP contribution in [0.2, 0.25) is 0 Å². The molecule has 1 aliphatic rings. The summed E-state index contributed by atoms with van der Waals surface area (Å²) in [6.45, 7) is 3.70. The first-order valence-corrected chi connectivity index (χ1v) is 10.3. The summed E-state index contributed by atoms with van der Waals surface area (Å²) in [6.07, 6.45) is 3.40. The van der Waals surface area contributed by atoms with Gasteiger partial charge in [-0.15, -0.1) is 0 Å². The minimum atomic E-state index is -3.85. The number of carbonyl (C=O) groups excluding carboxylic acids is 2. The van der Waals surface area contributed by atoms with E-state index in [9.17, 15) is 18.0 Å². The number of hydrogen-bond donors (Lipinski definition) is 1. The molecule has 0 aliphatic carbocycles. The molecule has 2 heterocycles. The number of primary amides is 1. The van der Waals surface area contributed by atoms with Gasteiger partial charge in [-0.05, 0) is 24.8 Å². The van der Waals surface area contributed by atoms with E-state index in [4.69, 9.17) is 5.73 Å². The highest BCUT2D eigenvalue weighted by Gasteiger charge is 2.25. The molecule has 0 atom stereocenters. The van der Waals surface area contributed by atoms with Gasteiger partial charge in [-0.25, -0.2) is 8.42 Å². The number of aromatic nitrogens is 1. The number of likely N-dealkylation sites (tertiary alicyclic amines) is 1. The lowest BCUT2D eigenvalue weighted by Crippen LogP contribution is -2.39. The van der Waals surface area contributed by atoms with E-state index < -0.39 is 21.5 Å². The molecule has 140 valence electrons. The minimum absolute atomic E-state index is 0.0310. The van der Waals surface area contributed by atoms with Crippen LogP contribution in [0.4, 0.5) is 0 Å². The van der Waals surface area contributed by atoms with Crippen molar-refractivity contribution >= 4 is 32.6 Å². The monoisotopic (exact) mass is 377 g/mol. The first-order valence-electron chi connectivity index (χ1n) is 8.64. The van der Waals surface area contributed by atoms with Gasteiger partial charge in [0.25, 0.3) is 0 Å². The normalized spacial score (nSPS) is 16.1. The molecule has 0 saturated carbocycles. The van der Waals surface area contributed by atoms with E-state index in [1.54, 1.807) is 28.8 Å². The number of amides is 2. The van der Waals surface area contributed by atoms with E-state index in [0.29, 0.717) is 16.8 Å². The molecule has 0 unspecified atom stereocenters. The molecule has 1 fully saturated rings. The van der Waals surface area contributed by atoms with Crippen molar-refractivity contribution in [1.82, 2.24) is 9.47 Å². The van der Waals surface area contributed by atoms with Crippen LogP contribution in [0.1, 0.15) is 19.8 Å². The minimum Gasteiger partial charge on any atom is -0.369 e. The second-order valence-electron chi connectivity index (χ2n) is 6.93. The van der Waals surface area contributed by atoms with Crippen molar-refractivity contribution in [2.45, 2.75) is 31.2 Å². The Balaban J connectivity index is 1.92. The molecule has 1 aromatic heterocycles. The number of nitrogens with zero attached hydrogens (tertiary/aromatic N) is 2. The molecule has 0 spiro atoms. The lowest BCUT2D eigenvalue weighted by Gasteiger charge is -2.30. The summed E-state index contributed by atoms with van der Waals surface area (Å²) in [5.41, 5.74) is 5.72. The first-order chi connectivity index (χ1) is 12.3. The van der Waals surface area contributed by atoms with Gasteiger partial charge in [-0.2, -0.15) is 0 Å². The van der Waals surface area contributed by atoms with Gasteiger partial charge in [0.15, 0.2) is 9.84 Å². The quantitative estimate of drug-likeness (QED) is 0.844. The van der Waals surface area contributed by atoms with Crippen molar-refractivity contribution in [3.63, 3.8) is 0 Å². The number of piperidine rings is 1. The Labute approximate surface area is 152 Å². The third-order valence-electron chi connectivity index (χ3n) is 4.86. The Morgan fingerprint density at radius 2 is 1.85 bits per heavy atom. The Morgan fingerprint density at radius 3 is 2.50 bits per heavy atom. The lowest BCUT2D eigenvalue weighted by atomic mass is 9.99. The molecule has 1 aliphatic heterocycles. The summed E-state index contributed by atoms with van der Waals surface area (Å²) < 4.78 is 26.6. The van der Waals surface area contributed by atoms with Crippen LogP contribution >= 0.6 is 0 Å². The van der Waals surface area contributed by atoms with E-state index in [-0.39, 0.29) is 17.3 Å². The van der Waals surface area contributed by atoms with Gasteiger partial charge in [0.1, 0.15) is 12.3 Å². The highest BCUT2D eigenvalue weighted by atomic mass is 32.2. The third kappa shape index (κ3) is 3.75. The molecule has 8 heteroatoms. The fourth-order valence-corrected chi connectivity index (χ4v) is 4.69. The maximum Gasteiger partial charge on any atom is 0.242 e. The number of nitrogens with two attached hydrogens (primary N) is 1. The molecule has 1 aromatic carbocycles. The van der Waals surface area contributed by atoms with E-state index >= 15 is 0 Å². The Hall–Kier alpha value is -2.35. The van der Waals surface area contributed by atoms with Crippen LogP contribution in [0, 0.1) is 5.92 Å². The van der Waals surface area contributed by atoms with Crippen LogP contribution in [0.3, 0.4) is 0 Å². The molecule has 2 N–H and O–H groups in total. The van der Waals surface area contributed by atoms with Gasteiger partial charge < -0.3 is 15.2 Å². The standard InChI is InChI=1S/C18H23N3O4S/c1-13-6-8-20(9-7-13)18(23)11-21-10-16(26(24,25)12-17(19)22)14-4-2-3-5-15(14)21/h2-5,10,13H,6-9,11-12H2,1H3,(H2,19,22). The zero-order valence-corrected chi connectivity index (χ0v) is 15.5. The number of sulfone groups is 1. The number of benzene rings is 1. The second kappa shape index (κ2) is 7.11.